The van der Waals surface area contributed by atoms with E-state index in [-0.39, 0.29) is 43.6 Å². The van der Waals surface area contributed by atoms with Gasteiger partial charge in [0.15, 0.2) is 11.5 Å². The van der Waals surface area contributed by atoms with Gasteiger partial charge in [0.25, 0.3) is 0 Å². The molecule has 0 aliphatic carbocycles. The molecule has 0 aromatic heterocycles. The molecule has 0 saturated heterocycles. The maximum absolute atomic E-state index is 14.0. The van der Waals surface area contributed by atoms with Gasteiger partial charge in [-0.25, -0.2) is 12.8 Å². The molecule has 0 radical (unpaired) electrons. The Bertz CT molecular complexity index is 952. The van der Waals surface area contributed by atoms with E-state index in [0.29, 0.717) is 11.5 Å². The van der Waals surface area contributed by atoms with Crippen molar-refractivity contribution < 1.29 is 27.1 Å². The topological polar surface area (TPSA) is 84.9 Å². The van der Waals surface area contributed by atoms with Crippen molar-refractivity contribution in [3.05, 3.63) is 54.3 Å². The molecule has 0 heterocycles. The van der Waals surface area contributed by atoms with Crippen LogP contribution in [0, 0.1) is 5.82 Å². The van der Waals surface area contributed by atoms with E-state index in [0.717, 1.165) is 10.6 Å². The van der Waals surface area contributed by atoms with E-state index in [4.69, 9.17) is 9.47 Å². The Labute approximate surface area is 176 Å². The molecular formula is C21H27FN2O5S. The van der Waals surface area contributed by atoms with Crippen LogP contribution in [0.15, 0.2) is 48.5 Å². The summed E-state index contributed by atoms with van der Waals surface area (Å²) in [6.45, 7) is 2.05. The van der Waals surface area contributed by atoms with Crippen molar-refractivity contribution >= 4 is 21.6 Å². The van der Waals surface area contributed by atoms with E-state index in [9.17, 15) is 17.6 Å². The molecule has 1 unspecified atom stereocenters. The SMILES string of the molecule is COc1ccccc1OCC(C)NC(=O)CCCN(c1ccccc1F)S(C)(=O)=O. The number of sulfonamides is 1. The lowest BCUT2D eigenvalue weighted by atomic mass is 10.2. The molecule has 0 aliphatic rings. The first-order valence-electron chi connectivity index (χ1n) is 9.49. The van der Waals surface area contributed by atoms with Crippen molar-refractivity contribution in [3.63, 3.8) is 0 Å². The van der Waals surface area contributed by atoms with Crippen molar-refractivity contribution in [1.29, 1.82) is 0 Å². The van der Waals surface area contributed by atoms with Crippen LogP contribution < -0.4 is 19.1 Å². The second-order valence-corrected chi connectivity index (χ2v) is 8.73. The lowest BCUT2D eigenvalue weighted by molar-refractivity contribution is -0.121. The average molecular weight is 439 g/mol. The summed E-state index contributed by atoms with van der Waals surface area (Å²) in [5, 5.41) is 2.80. The van der Waals surface area contributed by atoms with E-state index >= 15 is 0 Å². The quantitative estimate of drug-likeness (QED) is 0.583. The van der Waals surface area contributed by atoms with Crippen molar-refractivity contribution in [3.8, 4) is 11.5 Å². The van der Waals surface area contributed by atoms with Gasteiger partial charge in [-0.3, -0.25) is 9.10 Å². The number of anilines is 1. The number of rotatable bonds is 11. The molecule has 1 amide bonds. The van der Waals surface area contributed by atoms with E-state index in [1.165, 1.54) is 18.2 Å². The minimum atomic E-state index is -3.68. The van der Waals surface area contributed by atoms with Gasteiger partial charge in [-0.1, -0.05) is 24.3 Å². The number of halogens is 1. The van der Waals surface area contributed by atoms with Crippen LogP contribution in [0.5, 0.6) is 11.5 Å². The lowest BCUT2D eigenvalue weighted by Gasteiger charge is -2.23. The summed E-state index contributed by atoms with van der Waals surface area (Å²) in [7, 11) is -2.13. The fourth-order valence-corrected chi connectivity index (χ4v) is 3.81. The van der Waals surface area contributed by atoms with Crippen LogP contribution in [0.25, 0.3) is 0 Å². The van der Waals surface area contributed by atoms with E-state index in [1.807, 2.05) is 12.1 Å². The maximum Gasteiger partial charge on any atom is 0.232 e. The van der Waals surface area contributed by atoms with Crippen molar-refractivity contribution in [1.82, 2.24) is 5.32 Å². The number of benzene rings is 2. The molecule has 7 nitrogen and oxygen atoms in total. The highest BCUT2D eigenvalue weighted by atomic mass is 32.2. The highest BCUT2D eigenvalue weighted by Crippen LogP contribution is 2.25. The zero-order chi connectivity index (χ0) is 22.1. The number of carbonyl (C=O) groups excluding carboxylic acids is 1. The maximum atomic E-state index is 14.0. The number of nitrogens with one attached hydrogen (secondary N) is 1. The van der Waals surface area contributed by atoms with Crippen molar-refractivity contribution in [2.24, 2.45) is 0 Å². The molecule has 2 aromatic carbocycles. The summed E-state index contributed by atoms with van der Waals surface area (Å²) in [4.78, 5) is 12.2. The predicted molar refractivity (Wildman–Crippen MR) is 114 cm³/mol. The second kappa shape index (κ2) is 10.8. The third-order valence-electron chi connectivity index (χ3n) is 4.25. The number of nitrogens with zero attached hydrogens (tertiary/aromatic N) is 1. The van der Waals surface area contributed by atoms with Gasteiger partial charge in [0.05, 0.1) is 25.1 Å². The van der Waals surface area contributed by atoms with Crippen molar-refractivity contribution in [2.45, 2.75) is 25.8 Å². The molecule has 1 atom stereocenters. The molecule has 1 N–H and O–H groups in total. The molecule has 9 heteroatoms. The van der Waals surface area contributed by atoms with Crippen LogP contribution in [-0.2, 0) is 14.8 Å². The molecule has 0 aliphatic heterocycles. The highest BCUT2D eigenvalue weighted by molar-refractivity contribution is 7.92. The van der Waals surface area contributed by atoms with Gasteiger partial charge in [-0.15, -0.1) is 0 Å². The fraction of sp³-hybridized carbons (Fsp3) is 0.381. The predicted octanol–water partition coefficient (Wildman–Crippen LogP) is 2.96. The Morgan fingerprint density at radius 1 is 1.13 bits per heavy atom. The fourth-order valence-electron chi connectivity index (χ4n) is 2.84. The molecule has 0 bridgehead atoms. The monoisotopic (exact) mass is 438 g/mol. The van der Waals surface area contributed by atoms with Crippen LogP contribution in [0.1, 0.15) is 19.8 Å². The number of ether oxygens (including phenoxy) is 2. The van der Waals surface area contributed by atoms with Gasteiger partial charge in [-0.2, -0.15) is 0 Å². The normalized spacial score (nSPS) is 12.1. The third kappa shape index (κ3) is 6.91. The molecule has 0 saturated carbocycles. The van der Waals surface area contributed by atoms with Gasteiger partial charge in [-0.05, 0) is 37.6 Å². The standard InChI is InChI=1S/C21H27FN2O5S/c1-16(15-29-20-12-7-6-11-19(20)28-2)23-21(25)13-8-14-24(30(3,26)27)18-10-5-4-9-17(18)22/h4-7,9-12,16H,8,13-15H2,1-3H3,(H,23,25). The van der Waals surface area contributed by atoms with E-state index in [1.54, 1.807) is 32.2 Å². The molecule has 2 aromatic rings. The Balaban J connectivity index is 1.83. The Morgan fingerprint density at radius 2 is 1.77 bits per heavy atom. The first kappa shape index (κ1) is 23.5. The van der Waals surface area contributed by atoms with Gasteiger partial charge in [0, 0.05) is 13.0 Å². The second-order valence-electron chi connectivity index (χ2n) is 6.82. The Kier molecular flexibility index (Phi) is 8.46. The van der Waals surface area contributed by atoms with Crippen molar-refractivity contribution in [2.75, 3.05) is 30.8 Å². The first-order valence-corrected chi connectivity index (χ1v) is 11.3. The smallest absolute Gasteiger partial charge is 0.232 e. The minimum absolute atomic E-state index is 0.000712. The highest BCUT2D eigenvalue weighted by Gasteiger charge is 2.20. The Morgan fingerprint density at radius 3 is 2.40 bits per heavy atom. The van der Waals surface area contributed by atoms with E-state index in [2.05, 4.69) is 5.32 Å². The number of methoxy groups -OCH3 is 1. The molecule has 2 rings (SSSR count). The third-order valence-corrected chi connectivity index (χ3v) is 5.43. The lowest BCUT2D eigenvalue weighted by Crippen LogP contribution is -2.37. The molecular weight excluding hydrogens is 411 g/mol. The summed E-state index contributed by atoms with van der Waals surface area (Å²) in [5.74, 6) is 0.308. The van der Waals surface area contributed by atoms with Gasteiger partial charge in [0.2, 0.25) is 15.9 Å². The van der Waals surface area contributed by atoms with Gasteiger partial charge in [0.1, 0.15) is 12.4 Å². The Hall–Kier alpha value is -2.81. The number of hydrogen-bond acceptors (Lipinski definition) is 5. The first-order chi connectivity index (χ1) is 14.2. The summed E-state index contributed by atoms with van der Waals surface area (Å²) in [5.41, 5.74) is -0.0287. The van der Waals surface area contributed by atoms with Crippen LogP contribution in [0.3, 0.4) is 0 Å². The van der Waals surface area contributed by atoms with Crippen LogP contribution in [0.2, 0.25) is 0 Å². The number of amides is 1. The summed E-state index contributed by atoms with van der Waals surface area (Å²) >= 11 is 0. The summed E-state index contributed by atoms with van der Waals surface area (Å²) in [6, 6.07) is 12.6. The average Bonchev–Trinajstić information content (AvgIpc) is 2.70. The molecule has 0 spiro atoms. The number of hydrogen-bond donors (Lipinski definition) is 1. The zero-order valence-electron chi connectivity index (χ0n) is 17.3. The summed E-state index contributed by atoms with van der Waals surface area (Å²) in [6.07, 6.45) is 1.35. The zero-order valence-corrected chi connectivity index (χ0v) is 18.1. The number of para-hydroxylation sites is 3. The van der Waals surface area contributed by atoms with Gasteiger partial charge >= 0.3 is 0 Å². The number of carbonyl (C=O) groups is 1. The van der Waals surface area contributed by atoms with E-state index < -0.39 is 15.8 Å². The van der Waals surface area contributed by atoms with Gasteiger partial charge < -0.3 is 14.8 Å². The van der Waals surface area contributed by atoms with Crippen LogP contribution in [0.4, 0.5) is 10.1 Å². The largest absolute Gasteiger partial charge is 0.493 e. The summed E-state index contributed by atoms with van der Waals surface area (Å²) < 4.78 is 50.0. The molecule has 164 valence electrons. The minimum Gasteiger partial charge on any atom is -0.493 e. The van der Waals surface area contributed by atoms with Crippen LogP contribution >= 0.6 is 0 Å². The van der Waals surface area contributed by atoms with Crippen LogP contribution in [-0.4, -0.2) is 46.9 Å². The molecule has 0 fully saturated rings. The molecule has 30 heavy (non-hydrogen) atoms.